The molecule has 1 N–H and O–H groups in total. The van der Waals surface area contributed by atoms with Crippen LogP contribution in [0.15, 0.2) is 0 Å². The smallest absolute Gasteiger partial charge is 0.00204 e. The fraction of sp³-hybridized carbons (Fsp3) is 1.00. The Morgan fingerprint density at radius 2 is 2.17 bits per heavy atom. The Bertz CT molecular complexity index is 112. The van der Waals surface area contributed by atoms with Gasteiger partial charge in [0.1, 0.15) is 0 Å². The Labute approximate surface area is 76.9 Å². The molecule has 12 heavy (non-hydrogen) atoms. The Balaban J connectivity index is 1.93. The fourth-order valence-corrected chi connectivity index (χ4v) is 2.12. The third-order valence-corrected chi connectivity index (χ3v) is 2.94. The van der Waals surface area contributed by atoms with Crippen molar-refractivity contribution >= 4 is 0 Å². The van der Waals surface area contributed by atoms with E-state index in [1.807, 2.05) is 0 Å². The van der Waals surface area contributed by atoms with Crippen LogP contribution in [0.2, 0.25) is 0 Å². The highest BCUT2D eigenvalue weighted by Crippen LogP contribution is 2.29. The van der Waals surface area contributed by atoms with Gasteiger partial charge in [0.05, 0.1) is 0 Å². The van der Waals surface area contributed by atoms with Gasteiger partial charge in [-0.3, -0.25) is 0 Å². The lowest BCUT2D eigenvalue weighted by molar-refractivity contribution is 0.467. The monoisotopic (exact) mass is 169 g/mol. The van der Waals surface area contributed by atoms with Crippen LogP contribution in [0.1, 0.15) is 46.0 Å². The maximum Gasteiger partial charge on any atom is -0.00204 e. The molecule has 0 amide bonds. The van der Waals surface area contributed by atoms with Gasteiger partial charge in [-0.25, -0.2) is 0 Å². The van der Waals surface area contributed by atoms with Crippen molar-refractivity contribution in [1.82, 2.24) is 5.32 Å². The van der Waals surface area contributed by atoms with Crippen LogP contribution in [-0.2, 0) is 0 Å². The first-order valence-corrected chi connectivity index (χ1v) is 5.53. The van der Waals surface area contributed by atoms with Crippen LogP contribution in [0.4, 0.5) is 0 Å². The van der Waals surface area contributed by atoms with Crippen molar-refractivity contribution in [2.45, 2.75) is 46.0 Å². The highest BCUT2D eigenvalue weighted by Gasteiger charge is 2.20. The minimum atomic E-state index is 0.983. The summed E-state index contributed by atoms with van der Waals surface area (Å²) in [7, 11) is 0. The molecule has 2 atom stereocenters. The predicted octanol–water partition coefficient (Wildman–Crippen LogP) is 2.81. The molecule has 1 heteroatoms. The van der Waals surface area contributed by atoms with Crippen LogP contribution in [0, 0.1) is 11.8 Å². The molecule has 0 aromatic rings. The van der Waals surface area contributed by atoms with Crippen LogP contribution in [-0.4, -0.2) is 13.1 Å². The van der Waals surface area contributed by atoms with Crippen molar-refractivity contribution < 1.29 is 0 Å². The first-order valence-electron chi connectivity index (χ1n) is 5.53. The molecule has 1 fully saturated rings. The van der Waals surface area contributed by atoms with Gasteiger partial charge in [0, 0.05) is 0 Å². The second-order valence-electron chi connectivity index (χ2n) is 4.34. The van der Waals surface area contributed by atoms with Crippen molar-refractivity contribution in [2.24, 2.45) is 11.8 Å². The van der Waals surface area contributed by atoms with E-state index < -0.39 is 0 Å². The van der Waals surface area contributed by atoms with E-state index in [1.54, 1.807) is 0 Å². The highest BCUT2D eigenvalue weighted by molar-refractivity contribution is 4.74. The molecule has 1 rings (SSSR count). The van der Waals surface area contributed by atoms with Gasteiger partial charge in [-0.2, -0.15) is 0 Å². The van der Waals surface area contributed by atoms with Crippen LogP contribution in [0.5, 0.6) is 0 Å². The van der Waals surface area contributed by atoms with Crippen molar-refractivity contribution in [3.8, 4) is 0 Å². The summed E-state index contributed by atoms with van der Waals surface area (Å²) in [5, 5.41) is 3.55. The van der Waals surface area contributed by atoms with Crippen LogP contribution in [0.25, 0.3) is 0 Å². The lowest BCUT2D eigenvalue weighted by Crippen LogP contribution is -2.22. The third-order valence-electron chi connectivity index (χ3n) is 2.94. The van der Waals surface area contributed by atoms with Gasteiger partial charge in [0.15, 0.2) is 0 Å². The van der Waals surface area contributed by atoms with Gasteiger partial charge >= 0.3 is 0 Å². The first kappa shape index (κ1) is 10.0. The second-order valence-corrected chi connectivity index (χ2v) is 4.34. The Morgan fingerprint density at radius 3 is 2.75 bits per heavy atom. The molecular formula is C11H23N. The first-order chi connectivity index (χ1) is 5.83. The van der Waals surface area contributed by atoms with Gasteiger partial charge < -0.3 is 5.32 Å². The fourth-order valence-electron chi connectivity index (χ4n) is 2.12. The van der Waals surface area contributed by atoms with E-state index in [-0.39, 0.29) is 0 Å². The number of hydrogen-bond donors (Lipinski definition) is 1. The minimum Gasteiger partial charge on any atom is -0.316 e. The van der Waals surface area contributed by atoms with Crippen molar-refractivity contribution in [2.75, 3.05) is 13.1 Å². The number of hydrogen-bond acceptors (Lipinski definition) is 1. The van der Waals surface area contributed by atoms with Crippen molar-refractivity contribution in [3.63, 3.8) is 0 Å². The SMILES string of the molecule is CCCCNCC1CCC(C)C1. The molecule has 0 spiro atoms. The van der Waals surface area contributed by atoms with Crippen LogP contribution >= 0.6 is 0 Å². The summed E-state index contributed by atoms with van der Waals surface area (Å²) in [5.41, 5.74) is 0. The molecule has 0 aliphatic heterocycles. The molecule has 0 heterocycles. The molecule has 2 unspecified atom stereocenters. The predicted molar refractivity (Wildman–Crippen MR) is 54.3 cm³/mol. The lowest BCUT2D eigenvalue weighted by Gasteiger charge is -2.10. The maximum absolute atomic E-state index is 3.55. The molecule has 0 saturated heterocycles. The molecule has 1 aliphatic carbocycles. The van der Waals surface area contributed by atoms with Crippen molar-refractivity contribution in [3.05, 3.63) is 0 Å². The largest absolute Gasteiger partial charge is 0.316 e. The zero-order valence-electron chi connectivity index (χ0n) is 8.60. The average Bonchev–Trinajstić information content (AvgIpc) is 2.45. The van der Waals surface area contributed by atoms with Gasteiger partial charge in [-0.15, -0.1) is 0 Å². The number of unbranched alkanes of at least 4 members (excludes halogenated alkanes) is 1. The Kier molecular flexibility index (Phi) is 4.67. The van der Waals surface area contributed by atoms with E-state index in [4.69, 9.17) is 0 Å². The molecule has 72 valence electrons. The Hall–Kier alpha value is -0.0400. The highest BCUT2D eigenvalue weighted by atomic mass is 14.9. The van der Waals surface area contributed by atoms with Crippen molar-refractivity contribution in [1.29, 1.82) is 0 Å². The average molecular weight is 169 g/mol. The van der Waals surface area contributed by atoms with Crippen LogP contribution < -0.4 is 5.32 Å². The molecule has 0 aromatic carbocycles. The zero-order chi connectivity index (χ0) is 8.81. The third kappa shape index (κ3) is 3.57. The van der Waals surface area contributed by atoms with E-state index >= 15 is 0 Å². The molecule has 0 radical (unpaired) electrons. The summed E-state index contributed by atoms with van der Waals surface area (Å²) in [4.78, 5) is 0. The molecule has 0 bridgehead atoms. The van der Waals surface area contributed by atoms with E-state index in [0.717, 1.165) is 11.8 Å². The van der Waals surface area contributed by atoms with E-state index in [9.17, 15) is 0 Å². The Morgan fingerprint density at radius 1 is 1.33 bits per heavy atom. The molecule has 1 nitrogen and oxygen atoms in total. The molecule has 0 aromatic heterocycles. The molecule has 1 saturated carbocycles. The van der Waals surface area contributed by atoms with Gasteiger partial charge in [0.25, 0.3) is 0 Å². The standard InChI is InChI=1S/C11H23N/c1-3-4-7-12-9-11-6-5-10(2)8-11/h10-12H,3-9H2,1-2H3. The summed E-state index contributed by atoms with van der Waals surface area (Å²) < 4.78 is 0. The normalized spacial score (nSPS) is 29.5. The summed E-state index contributed by atoms with van der Waals surface area (Å²) in [6, 6.07) is 0. The zero-order valence-corrected chi connectivity index (χ0v) is 8.60. The van der Waals surface area contributed by atoms with E-state index in [2.05, 4.69) is 19.2 Å². The van der Waals surface area contributed by atoms with Gasteiger partial charge in [0.2, 0.25) is 0 Å². The summed E-state index contributed by atoms with van der Waals surface area (Å²) in [6.07, 6.45) is 7.02. The van der Waals surface area contributed by atoms with Crippen LogP contribution in [0.3, 0.4) is 0 Å². The summed E-state index contributed by atoms with van der Waals surface area (Å²) in [6.45, 7) is 7.12. The van der Waals surface area contributed by atoms with E-state index in [1.165, 1.54) is 45.2 Å². The summed E-state index contributed by atoms with van der Waals surface area (Å²) >= 11 is 0. The number of nitrogens with one attached hydrogen (secondary N) is 1. The molecular weight excluding hydrogens is 146 g/mol. The quantitative estimate of drug-likeness (QED) is 0.624. The number of rotatable bonds is 5. The molecule has 1 aliphatic rings. The van der Waals surface area contributed by atoms with E-state index in [0.29, 0.717) is 0 Å². The second kappa shape index (κ2) is 5.58. The van der Waals surface area contributed by atoms with Gasteiger partial charge in [-0.1, -0.05) is 26.7 Å². The lowest BCUT2D eigenvalue weighted by atomic mass is 10.1. The van der Waals surface area contributed by atoms with Gasteiger partial charge in [-0.05, 0) is 44.2 Å². The minimum absolute atomic E-state index is 0.983. The topological polar surface area (TPSA) is 12.0 Å². The summed E-state index contributed by atoms with van der Waals surface area (Å²) in [5.74, 6) is 1.97. The maximum atomic E-state index is 3.55.